The predicted molar refractivity (Wildman–Crippen MR) is 59.7 cm³/mol. The summed E-state index contributed by atoms with van der Waals surface area (Å²) in [7, 11) is 0. The van der Waals surface area contributed by atoms with Crippen LogP contribution >= 0.6 is 12.4 Å². The van der Waals surface area contributed by atoms with Crippen LogP contribution in [0.5, 0.6) is 0 Å². The van der Waals surface area contributed by atoms with Gasteiger partial charge in [-0.05, 0) is 36.0 Å². The van der Waals surface area contributed by atoms with Gasteiger partial charge in [0.2, 0.25) is 0 Å². The Bertz CT molecular complexity index is 314. The molecule has 0 heterocycles. The van der Waals surface area contributed by atoms with E-state index >= 15 is 0 Å². The van der Waals surface area contributed by atoms with Crippen molar-refractivity contribution < 1.29 is 5.11 Å². The van der Waals surface area contributed by atoms with Crippen molar-refractivity contribution in [2.24, 2.45) is 5.73 Å². The third kappa shape index (κ3) is 1.92. The molecule has 14 heavy (non-hydrogen) atoms. The second-order valence-corrected chi connectivity index (χ2v) is 3.63. The van der Waals surface area contributed by atoms with Crippen molar-refractivity contribution in [1.29, 1.82) is 0 Å². The van der Waals surface area contributed by atoms with Crippen LogP contribution in [0, 0.1) is 0 Å². The van der Waals surface area contributed by atoms with Gasteiger partial charge in [0.25, 0.3) is 0 Å². The molecule has 0 unspecified atom stereocenters. The van der Waals surface area contributed by atoms with Crippen molar-refractivity contribution in [1.82, 2.24) is 0 Å². The highest BCUT2D eigenvalue weighted by Gasteiger charge is 2.17. The van der Waals surface area contributed by atoms with Crippen LogP contribution in [-0.2, 0) is 12.8 Å². The molecule has 1 aliphatic rings. The summed E-state index contributed by atoms with van der Waals surface area (Å²) in [5.74, 6) is 0. The molecule has 0 aromatic heterocycles. The molecule has 0 bridgehead atoms. The Morgan fingerprint density at radius 1 is 1.36 bits per heavy atom. The fraction of sp³-hybridized carbons (Fsp3) is 0.455. The van der Waals surface area contributed by atoms with Crippen LogP contribution in [0.1, 0.15) is 29.2 Å². The summed E-state index contributed by atoms with van der Waals surface area (Å²) in [5.41, 5.74) is 9.75. The van der Waals surface area contributed by atoms with Gasteiger partial charge in [-0.2, -0.15) is 0 Å². The maximum absolute atomic E-state index is 8.99. The number of hydrogen-bond donors (Lipinski definition) is 2. The predicted octanol–water partition coefficient (Wildman–Crippen LogP) is 1.59. The van der Waals surface area contributed by atoms with E-state index in [0.29, 0.717) is 0 Å². The Morgan fingerprint density at radius 3 is 2.86 bits per heavy atom. The van der Waals surface area contributed by atoms with E-state index in [9.17, 15) is 0 Å². The zero-order valence-electron chi connectivity index (χ0n) is 8.07. The molecule has 1 atom stereocenters. The normalized spacial score (nSPS) is 15.9. The van der Waals surface area contributed by atoms with E-state index in [1.807, 2.05) is 12.1 Å². The summed E-state index contributed by atoms with van der Waals surface area (Å²) in [6.07, 6.45) is 3.52. The molecule has 78 valence electrons. The van der Waals surface area contributed by atoms with Gasteiger partial charge in [-0.3, -0.25) is 0 Å². The quantitative estimate of drug-likeness (QED) is 0.784. The smallest absolute Gasteiger partial charge is 0.0624 e. The lowest BCUT2D eigenvalue weighted by Gasteiger charge is -2.13. The molecule has 3 heteroatoms. The average molecular weight is 214 g/mol. The number of fused-ring (bicyclic) bond motifs is 1. The second kappa shape index (κ2) is 4.78. The van der Waals surface area contributed by atoms with Gasteiger partial charge in [-0.15, -0.1) is 12.4 Å². The average Bonchev–Trinajstić information content (AvgIpc) is 2.63. The van der Waals surface area contributed by atoms with Gasteiger partial charge in [0, 0.05) is 0 Å². The highest BCUT2D eigenvalue weighted by atomic mass is 35.5. The van der Waals surface area contributed by atoms with Gasteiger partial charge in [0.05, 0.1) is 12.6 Å². The Hall–Kier alpha value is -0.570. The van der Waals surface area contributed by atoms with Gasteiger partial charge >= 0.3 is 0 Å². The van der Waals surface area contributed by atoms with Crippen LogP contribution in [-0.4, -0.2) is 11.7 Å². The van der Waals surface area contributed by atoms with E-state index < -0.39 is 0 Å². The lowest BCUT2D eigenvalue weighted by atomic mass is 9.98. The van der Waals surface area contributed by atoms with Crippen molar-refractivity contribution in [3.05, 3.63) is 34.9 Å². The highest BCUT2D eigenvalue weighted by Crippen LogP contribution is 2.27. The molecular formula is C11H16ClNO. The Labute approximate surface area is 90.5 Å². The molecule has 0 saturated heterocycles. The van der Waals surface area contributed by atoms with Crippen molar-refractivity contribution in [3.63, 3.8) is 0 Å². The zero-order valence-corrected chi connectivity index (χ0v) is 8.89. The van der Waals surface area contributed by atoms with Crippen molar-refractivity contribution in [3.8, 4) is 0 Å². The Balaban J connectivity index is 0.000000980. The number of nitrogens with two attached hydrogens (primary N) is 1. The first-order chi connectivity index (χ1) is 6.33. The SMILES string of the molecule is Cl.N[C@H](CO)c1cccc2c1CCC2. The number of aryl methyl sites for hydroxylation is 1. The lowest BCUT2D eigenvalue weighted by Crippen LogP contribution is -2.16. The van der Waals surface area contributed by atoms with Crippen LogP contribution in [0.3, 0.4) is 0 Å². The molecule has 0 aliphatic heterocycles. The zero-order chi connectivity index (χ0) is 9.26. The lowest BCUT2D eigenvalue weighted by molar-refractivity contribution is 0.267. The van der Waals surface area contributed by atoms with Crippen molar-refractivity contribution in [2.45, 2.75) is 25.3 Å². The number of aliphatic hydroxyl groups is 1. The molecule has 0 amide bonds. The number of halogens is 1. The van der Waals surface area contributed by atoms with E-state index in [4.69, 9.17) is 10.8 Å². The van der Waals surface area contributed by atoms with Crippen LogP contribution in [0.4, 0.5) is 0 Å². The highest BCUT2D eigenvalue weighted by molar-refractivity contribution is 5.85. The van der Waals surface area contributed by atoms with Crippen molar-refractivity contribution >= 4 is 12.4 Å². The molecule has 0 spiro atoms. The summed E-state index contributed by atoms with van der Waals surface area (Å²) < 4.78 is 0. The molecule has 0 fully saturated rings. The summed E-state index contributed by atoms with van der Waals surface area (Å²) >= 11 is 0. The van der Waals surface area contributed by atoms with Gasteiger partial charge in [-0.1, -0.05) is 18.2 Å². The number of benzene rings is 1. The molecular weight excluding hydrogens is 198 g/mol. The topological polar surface area (TPSA) is 46.2 Å². The molecule has 0 radical (unpaired) electrons. The van der Waals surface area contributed by atoms with Gasteiger partial charge < -0.3 is 10.8 Å². The number of aliphatic hydroxyl groups excluding tert-OH is 1. The largest absolute Gasteiger partial charge is 0.394 e. The summed E-state index contributed by atoms with van der Waals surface area (Å²) in [5, 5.41) is 8.99. The first-order valence-corrected chi connectivity index (χ1v) is 4.80. The van der Waals surface area contributed by atoms with Gasteiger partial charge in [-0.25, -0.2) is 0 Å². The number of rotatable bonds is 2. The monoisotopic (exact) mass is 213 g/mol. The molecule has 1 aromatic rings. The minimum absolute atomic E-state index is 0. The maximum Gasteiger partial charge on any atom is 0.0624 e. The summed E-state index contributed by atoms with van der Waals surface area (Å²) in [4.78, 5) is 0. The van der Waals surface area contributed by atoms with Crippen LogP contribution < -0.4 is 5.73 Å². The van der Waals surface area contributed by atoms with Gasteiger partial charge in [0.1, 0.15) is 0 Å². The molecule has 2 nitrogen and oxygen atoms in total. The van der Waals surface area contributed by atoms with E-state index in [2.05, 4.69) is 6.07 Å². The first-order valence-electron chi connectivity index (χ1n) is 4.80. The summed E-state index contributed by atoms with van der Waals surface area (Å²) in [6, 6.07) is 6.03. The molecule has 0 saturated carbocycles. The molecule has 2 rings (SSSR count). The van der Waals surface area contributed by atoms with Crippen LogP contribution in [0.25, 0.3) is 0 Å². The number of hydrogen-bond acceptors (Lipinski definition) is 2. The second-order valence-electron chi connectivity index (χ2n) is 3.63. The van der Waals surface area contributed by atoms with Crippen LogP contribution in [0.15, 0.2) is 18.2 Å². The van der Waals surface area contributed by atoms with E-state index in [1.165, 1.54) is 24.0 Å². The minimum Gasteiger partial charge on any atom is -0.394 e. The standard InChI is InChI=1S/C11H15NO.ClH/c12-11(7-13)10-6-2-4-8-3-1-5-9(8)10;/h2,4,6,11,13H,1,3,5,7,12H2;1H/t11-;/m1./s1. The van der Waals surface area contributed by atoms with Crippen LogP contribution in [0.2, 0.25) is 0 Å². The maximum atomic E-state index is 8.99. The fourth-order valence-electron chi connectivity index (χ4n) is 2.09. The van der Waals surface area contributed by atoms with Crippen molar-refractivity contribution in [2.75, 3.05) is 6.61 Å². The Kier molecular flexibility index (Phi) is 3.93. The molecule has 1 aromatic carbocycles. The molecule has 3 N–H and O–H groups in total. The molecule has 1 aliphatic carbocycles. The van der Waals surface area contributed by atoms with Gasteiger partial charge in [0.15, 0.2) is 0 Å². The fourth-order valence-corrected chi connectivity index (χ4v) is 2.09. The third-order valence-corrected chi connectivity index (χ3v) is 2.78. The Morgan fingerprint density at radius 2 is 2.14 bits per heavy atom. The third-order valence-electron chi connectivity index (χ3n) is 2.78. The van der Waals surface area contributed by atoms with E-state index in [0.717, 1.165) is 12.0 Å². The minimum atomic E-state index is -0.201. The van der Waals surface area contributed by atoms with E-state index in [1.54, 1.807) is 0 Å². The van der Waals surface area contributed by atoms with E-state index in [-0.39, 0.29) is 25.1 Å². The summed E-state index contributed by atoms with van der Waals surface area (Å²) in [6.45, 7) is 0.0381. The first kappa shape index (κ1) is 11.5.